The van der Waals surface area contributed by atoms with Crippen LogP contribution in [0, 0.1) is 11.6 Å². The second kappa shape index (κ2) is 5.14. The average molecular weight is 264 g/mol. The molecule has 0 fully saturated rings. The zero-order valence-electron chi connectivity index (χ0n) is 10.7. The van der Waals surface area contributed by atoms with Crippen molar-refractivity contribution < 1.29 is 13.5 Å². The van der Waals surface area contributed by atoms with Gasteiger partial charge in [0.25, 0.3) is 0 Å². The molecule has 0 heterocycles. The summed E-state index contributed by atoms with van der Waals surface area (Å²) in [5.74, 6) is -1.37. The summed E-state index contributed by atoms with van der Waals surface area (Å²) >= 11 is 0. The van der Waals surface area contributed by atoms with Crippen LogP contribution in [0.3, 0.4) is 0 Å². The van der Waals surface area contributed by atoms with Crippen LogP contribution < -0.4 is 15.4 Å². The van der Waals surface area contributed by atoms with Crippen LogP contribution in [0.4, 0.5) is 25.8 Å². The summed E-state index contributed by atoms with van der Waals surface area (Å²) in [6.45, 7) is 0. The lowest BCUT2D eigenvalue weighted by atomic mass is 10.2. The molecule has 0 radical (unpaired) electrons. The Morgan fingerprint density at radius 1 is 1.11 bits per heavy atom. The van der Waals surface area contributed by atoms with Crippen molar-refractivity contribution in [2.45, 2.75) is 0 Å². The fourth-order valence-electron chi connectivity index (χ4n) is 1.92. The Bertz CT molecular complexity index is 602. The first-order valence-corrected chi connectivity index (χ1v) is 5.66. The molecule has 0 spiro atoms. The van der Waals surface area contributed by atoms with E-state index in [1.807, 2.05) is 0 Å². The van der Waals surface area contributed by atoms with E-state index in [2.05, 4.69) is 0 Å². The number of benzene rings is 2. The predicted octanol–water partition coefficient (Wildman–Crippen LogP) is 3.32. The van der Waals surface area contributed by atoms with Gasteiger partial charge < -0.3 is 15.4 Å². The predicted molar refractivity (Wildman–Crippen MR) is 71.8 cm³/mol. The molecule has 2 aromatic rings. The van der Waals surface area contributed by atoms with E-state index in [0.29, 0.717) is 11.4 Å². The van der Waals surface area contributed by atoms with Gasteiger partial charge in [0.2, 0.25) is 0 Å². The number of nitrogens with two attached hydrogens (primary N) is 1. The maximum atomic E-state index is 13.9. The van der Waals surface area contributed by atoms with E-state index in [9.17, 15) is 8.78 Å². The first-order chi connectivity index (χ1) is 9.06. The minimum Gasteiger partial charge on any atom is -0.495 e. The van der Waals surface area contributed by atoms with Gasteiger partial charge in [-0.2, -0.15) is 0 Å². The molecule has 0 aliphatic rings. The topological polar surface area (TPSA) is 38.5 Å². The van der Waals surface area contributed by atoms with Crippen molar-refractivity contribution in [3.05, 3.63) is 48.0 Å². The van der Waals surface area contributed by atoms with Gasteiger partial charge in [0.1, 0.15) is 11.4 Å². The van der Waals surface area contributed by atoms with E-state index in [0.717, 1.165) is 6.07 Å². The van der Waals surface area contributed by atoms with Crippen molar-refractivity contribution in [2.24, 2.45) is 0 Å². The number of nitrogens with zero attached hydrogens (tertiary/aromatic N) is 1. The summed E-state index contributed by atoms with van der Waals surface area (Å²) in [6, 6.07) is 9.38. The first-order valence-electron chi connectivity index (χ1n) is 5.66. The molecule has 0 amide bonds. The Balaban J connectivity index is 2.56. The van der Waals surface area contributed by atoms with Gasteiger partial charge in [-0.15, -0.1) is 0 Å². The monoisotopic (exact) mass is 264 g/mol. The summed E-state index contributed by atoms with van der Waals surface area (Å²) in [7, 11) is 3.12. The lowest BCUT2D eigenvalue weighted by molar-refractivity contribution is 0.415. The highest BCUT2D eigenvalue weighted by molar-refractivity contribution is 5.77. The molecule has 0 aliphatic heterocycles. The van der Waals surface area contributed by atoms with Crippen LogP contribution in [0.15, 0.2) is 36.4 Å². The normalized spacial score (nSPS) is 10.3. The molecule has 0 saturated carbocycles. The van der Waals surface area contributed by atoms with Crippen LogP contribution >= 0.6 is 0 Å². The molecule has 0 saturated heterocycles. The van der Waals surface area contributed by atoms with Crippen LogP contribution in [0.25, 0.3) is 0 Å². The van der Waals surface area contributed by atoms with E-state index in [-0.39, 0.29) is 11.4 Å². The third kappa shape index (κ3) is 2.31. The van der Waals surface area contributed by atoms with Gasteiger partial charge in [-0.1, -0.05) is 12.1 Å². The largest absolute Gasteiger partial charge is 0.495 e. The molecule has 0 unspecified atom stereocenters. The molecule has 2 aromatic carbocycles. The Hall–Kier alpha value is -2.30. The molecule has 0 bridgehead atoms. The van der Waals surface area contributed by atoms with Crippen LogP contribution in [-0.2, 0) is 0 Å². The van der Waals surface area contributed by atoms with Gasteiger partial charge in [-0.25, -0.2) is 8.78 Å². The molecular formula is C14H14F2N2O. The molecular weight excluding hydrogens is 250 g/mol. The van der Waals surface area contributed by atoms with Crippen molar-refractivity contribution in [2.75, 3.05) is 24.8 Å². The maximum absolute atomic E-state index is 13.9. The second-order valence-corrected chi connectivity index (χ2v) is 4.03. The van der Waals surface area contributed by atoms with Gasteiger partial charge in [-0.05, 0) is 24.3 Å². The van der Waals surface area contributed by atoms with E-state index >= 15 is 0 Å². The number of rotatable bonds is 3. The lowest BCUT2D eigenvalue weighted by Crippen LogP contribution is -2.15. The van der Waals surface area contributed by atoms with E-state index in [1.165, 1.54) is 18.1 Å². The standard InChI is InChI=1S/C14H14F2N2O/c1-18(11-5-3-4-6-12(11)19-2)14-10(17)8-7-9(15)13(14)16/h3-8H,17H2,1-2H3. The molecule has 100 valence electrons. The zero-order valence-corrected chi connectivity index (χ0v) is 10.7. The van der Waals surface area contributed by atoms with Gasteiger partial charge in [0, 0.05) is 7.05 Å². The van der Waals surface area contributed by atoms with E-state index in [4.69, 9.17) is 10.5 Å². The van der Waals surface area contributed by atoms with Gasteiger partial charge in [0.05, 0.1) is 18.5 Å². The smallest absolute Gasteiger partial charge is 0.184 e. The number of methoxy groups -OCH3 is 1. The number of ether oxygens (including phenoxy) is 1. The zero-order chi connectivity index (χ0) is 14.0. The number of para-hydroxylation sites is 2. The fourth-order valence-corrected chi connectivity index (χ4v) is 1.92. The summed E-state index contributed by atoms with van der Waals surface area (Å²) in [5.41, 5.74) is 6.48. The third-order valence-electron chi connectivity index (χ3n) is 2.88. The molecule has 2 N–H and O–H groups in total. The van der Waals surface area contributed by atoms with Crippen molar-refractivity contribution in [3.8, 4) is 5.75 Å². The summed E-state index contributed by atoms with van der Waals surface area (Å²) < 4.78 is 32.4. The van der Waals surface area contributed by atoms with Crippen LogP contribution in [-0.4, -0.2) is 14.2 Å². The van der Waals surface area contributed by atoms with Gasteiger partial charge >= 0.3 is 0 Å². The minimum absolute atomic E-state index is 0.00972. The highest BCUT2D eigenvalue weighted by Gasteiger charge is 2.19. The fraction of sp³-hybridized carbons (Fsp3) is 0.143. The molecule has 19 heavy (non-hydrogen) atoms. The Labute approximate surface area is 110 Å². The molecule has 5 heteroatoms. The van der Waals surface area contributed by atoms with Crippen LogP contribution in [0.5, 0.6) is 5.75 Å². The van der Waals surface area contributed by atoms with Gasteiger partial charge in [0.15, 0.2) is 11.6 Å². The van der Waals surface area contributed by atoms with Crippen LogP contribution in [0.1, 0.15) is 0 Å². The molecule has 0 atom stereocenters. The summed E-state index contributed by atoms with van der Waals surface area (Å²) in [4.78, 5) is 1.46. The van der Waals surface area contributed by atoms with Crippen LogP contribution in [0.2, 0.25) is 0 Å². The van der Waals surface area contributed by atoms with E-state index < -0.39 is 11.6 Å². The number of halogens is 2. The number of anilines is 3. The van der Waals surface area contributed by atoms with Crippen molar-refractivity contribution >= 4 is 17.1 Å². The van der Waals surface area contributed by atoms with Gasteiger partial charge in [-0.3, -0.25) is 0 Å². The quantitative estimate of drug-likeness (QED) is 0.864. The highest BCUT2D eigenvalue weighted by Crippen LogP contribution is 2.37. The summed E-state index contributed by atoms with van der Waals surface area (Å²) in [6.07, 6.45) is 0. The molecule has 3 nitrogen and oxygen atoms in total. The van der Waals surface area contributed by atoms with E-state index in [1.54, 1.807) is 31.3 Å². The number of hydrogen-bond acceptors (Lipinski definition) is 3. The number of nitrogen functional groups attached to an aromatic ring is 1. The van der Waals surface area contributed by atoms with Crippen molar-refractivity contribution in [3.63, 3.8) is 0 Å². The number of hydrogen-bond donors (Lipinski definition) is 1. The molecule has 0 aliphatic carbocycles. The highest BCUT2D eigenvalue weighted by atomic mass is 19.2. The summed E-state index contributed by atoms with van der Waals surface area (Å²) in [5, 5.41) is 0. The average Bonchev–Trinajstić information content (AvgIpc) is 2.43. The molecule has 0 aromatic heterocycles. The third-order valence-corrected chi connectivity index (χ3v) is 2.88. The Kier molecular flexibility index (Phi) is 3.55. The maximum Gasteiger partial charge on any atom is 0.184 e. The SMILES string of the molecule is COc1ccccc1N(C)c1c(N)ccc(F)c1F. The lowest BCUT2D eigenvalue weighted by Gasteiger charge is -2.23. The Morgan fingerprint density at radius 3 is 2.47 bits per heavy atom. The van der Waals surface area contributed by atoms with Crippen molar-refractivity contribution in [1.82, 2.24) is 0 Å². The second-order valence-electron chi connectivity index (χ2n) is 4.03. The minimum atomic E-state index is -0.978. The molecule has 2 rings (SSSR count). The first kappa shape index (κ1) is 13.1. The van der Waals surface area contributed by atoms with Crippen molar-refractivity contribution in [1.29, 1.82) is 0 Å². The Morgan fingerprint density at radius 2 is 1.79 bits per heavy atom.